The van der Waals surface area contributed by atoms with Gasteiger partial charge in [-0.2, -0.15) is 0 Å². The van der Waals surface area contributed by atoms with Crippen LogP contribution in [0, 0.1) is 0 Å². The number of halogens is 1. The second kappa shape index (κ2) is 10.4. The van der Waals surface area contributed by atoms with Gasteiger partial charge in [0.1, 0.15) is 11.3 Å². The van der Waals surface area contributed by atoms with Crippen LogP contribution in [0.2, 0.25) is 5.02 Å². The van der Waals surface area contributed by atoms with Gasteiger partial charge in [-0.25, -0.2) is 9.97 Å². The Morgan fingerprint density at radius 3 is 2.66 bits per heavy atom. The van der Waals surface area contributed by atoms with Gasteiger partial charge >= 0.3 is 0 Å². The molecule has 0 saturated heterocycles. The minimum absolute atomic E-state index is 0.0383. The predicted octanol–water partition coefficient (Wildman–Crippen LogP) is 7.15. The molecule has 1 amide bonds. The number of aromatic nitrogens is 3. The monoisotopic (exact) mass is 520 g/mol. The molecule has 0 spiro atoms. The van der Waals surface area contributed by atoms with Crippen LogP contribution in [0.3, 0.4) is 0 Å². The van der Waals surface area contributed by atoms with Crippen LogP contribution in [0.1, 0.15) is 52.6 Å². The van der Waals surface area contributed by atoms with Crippen molar-refractivity contribution in [1.29, 1.82) is 0 Å². The molecule has 0 atom stereocenters. The highest BCUT2D eigenvalue weighted by Gasteiger charge is 2.27. The van der Waals surface area contributed by atoms with Gasteiger partial charge in [0.2, 0.25) is 0 Å². The lowest BCUT2D eigenvalue weighted by Crippen LogP contribution is -2.33. The van der Waals surface area contributed by atoms with E-state index < -0.39 is 0 Å². The molecule has 5 aromatic rings. The molecule has 1 aliphatic rings. The Bertz CT molecular complexity index is 1640. The Morgan fingerprint density at radius 1 is 0.974 bits per heavy atom. The summed E-state index contributed by atoms with van der Waals surface area (Å²) in [6, 6.07) is 26.2. The standard InChI is InChI=1S/C32H29ClN4O/c1-2-3-18-36(32(38)26-14-8-12-23-19-22-10-4-6-13-25(22)30(23)26)21-29-35-28-16-9-17-34-31(28)37(29)20-24-11-5-7-15-27(24)33/h4-17H,2-3,18-21H2,1H3. The van der Waals surface area contributed by atoms with Gasteiger partial charge in [-0.3, -0.25) is 4.79 Å². The molecule has 1 aliphatic carbocycles. The first kappa shape index (κ1) is 24.4. The third-order valence-corrected chi connectivity index (χ3v) is 7.69. The molecule has 6 heteroatoms. The topological polar surface area (TPSA) is 51.0 Å². The number of hydrogen-bond acceptors (Lipinski definition) is 3. The molecule has 0 saturated carbocycles. The maximum atomic E-state index is 14.2. The molecule has 5 nitrogen and oxygen atoms in total. The zero-order chi connectivity index (χ0) is 26.1. The van der Waals surface area contributed by atoms with Gasteiger partial charge in [-0.1, -0.05) is 79.5 Å². The minimum atomic E-state index is 0.0383. The fourth-order valence-corrected chi connectivity index (χ4v) is 5.59. The van der Waals surface area contributed by atoms with Gasteiger partial charge in [-0.05, 0) is 64.9 Å². The van der Waals surface area contributed by atoms with E-state index in [-0.39, 0.29) is 5.91 Å². The number of pyridine rings is 1. The van der Waals surface area contributed by atoms with Gasteiger partial charge in [0.05, 0.1) is 13.1 Å². The summed E-state index contributed by atoms with van der Waals surface area (Å²) in [7, 11) is 0. The molecule has 6 rings (SSSR count). The van der Waals surface area contributed by atoms with E-state index in [4.69, 9.17) is 16.6 Å². The molecular weight excluding hydrogens is 492 g/mol. The third kappa shape index (κ3) is 4.48. The highest BCUT2D eigenvalue weighted by Crippen LogP contribution is 2.39. The summed E-state index contributed by atoms with van der Waals surface area (Å²) < 4.78 is 2.09. The smallest absolute Gasteiger partial charge is 0.254 e. The van der Waals surface area contributed by atoms with E-state index in [9.17, 15) is 4.79 Å². The lowest BCUT2D eigenvalue weighted by molar-refractivity contribution is 0.0735. The first-order valence-electron chi connectivity index (χ1n) is 13.2. The summed E-state index contributed by atoms with van der Waals surface area (Å²) in [6.07, 6.45) is 4.56. The van der Waals surface area contributed by atoms with Crippen molar-refractivity contribution in [2.24, 2.45) is 0 Å². The van der Waals surface area contributed by atoms with Gasteiger partial charge in [0.15, 0.2) is 5.65 Å². The Morgan fingerprint density at radius 2 is 1.79 bits per heavy atom. The van der Waals surface area contributed by atoms with E-state index >= 15 is 0 Å². The summed E-state index contributed by atoms with van der Waals surface area (Å²) in [5, 5.41) is 0.702. The lowest BCUT2D eigenvalue weighted by Gasteiger charge is -2.24. The molecule has 0 radical (unpaired) electrons. The zero-order valence-electron chi connectivity index (χ0n) is 21.4. The van der Waals surface area contributed by atoms with Crippen LogP contribution < -0.4 is 0 Å². The Hall–Kier alpha value is -3.96. The average Bonchev–Trinajstić information content (AvgIpc) is 3.49. The Labute approximate surface area is 227 Å². The average molecular weight is 521 g/mol. The number of hydrogen-bond donors (Lipinski definition) is 0. The third-order valence-electron chi connectivity index (χ3n) is 7.32. The zero-order valence-corrected chi connectivity index (χ0v) is 22.2. The van der Waals surface area contributed by atoms with Gasteiger partial charge in [0.25, 0.3) is 5.91 Å². The van der Waals surface area contributed by atoms with E-state index in [1.807, 2.05) is 59.5 Å². The fourth-order valence-electron chi connectivity index (χ4n) is 5.40. The summed E-state index contributed by atoms with van der Waals surface area (Å²) in [5.74, 6) is 0.840. The fraction of sp³-hybridized carbons (Fsp3) is 0.219. The highest BCUT2D eigenvalue weighted by molar-refractivity contribution is 6.31. The van der Waals surface area contributed by atoms with Crippen molar-refractivity contribution in [2.75, 3.05) is 6.54 Å². The number of carbonyl (C=O) groups excluding carboxylic acids is 1. The molecule has 38 heavy (non-hydrogen) atoms. The molecule has 0 fully saturated rings. The molecule has 2 heterocycles. The second-order valence-corrected chi connectivity index (χ2v) is 10.2. The van der Waals surface area contributed by atoms with Crippen molar-refractivity contribution >= 4 is 28.7 Å². The number of nitrogens with zero attached hydrogens (tertiary/aromatic N) is 4. The first-order valence-corrected chi connectivity index (χ1v) is 13.5. The van der Waals surface area contributed by atoms with Crippen molar-refractivity contribution in [3.05, 3.63) is 118 Å². The van der Waals surface area contributed by atoms with Gasteiger partial charge in [0, 0.05) is 23.3 Å². The molecule has 0 N–H and O–H groups in total. The summed E-state index contributed by atoms with van der Waals surface area (Å²) in [4.78, 5) is 25.7. The highest BCUT2D eigenvalue weighted by atomic mass is 35.5. The molecule has 2 aromatic heterocycles. The van der Waals surface area contributed by atoms with Crippen molar-refractivity contribution < 1.29 is 4.79 Å². The summed E-state index contributed by atoms with van der Waals surface area (Å²) in [5.41, 5.74) is 8.07. The molecule has 0 unspecified atom stereocenters. The molecule has 0 aliphatic heterocycles. The molecule has 0 bridgehead atoms. The summed E-state index contributed by atoms with van der Waals surface area (Å²) >= 11 is 6.53. The van der Waals surface area contributed by atoms with Gasteiger partial charge < -0.3 is 9.47 Å². The number of benzene rings is 3. The summed E-state index contributed by atoms with van der Waals surface area (Å²) in [6.45, 7) is 3.73. The van der Waals surface area contributed by atoms with Crippen LogP contribution in [0.25, 0.3) is 22.3 Å². The Kier molecular flexibility index (Phi) is 6.69. The molecular formula is C32H29ClN4O. The van der Waals surface area contributed by atoms with Crippen LogP contribution in [-0.4, -0.2) is 31.9 Å². The van der Waals surface area contributed by atoms with Crippen LogP contribution >= 0.6 is 11.6 Å². The van der Waals surface area contributed by atoms with Gasteiger partial charge in [-0.15, -0.1) is 0 Å². The normalized spacial score (nSPS) is 11.9. The van der Waals surface area contributed by atoms with Crippen molar-refractivity contribution in [1.82, 2.24) is 19.4 Å². The molecule has 3 aromatic carbocycles. The number of carbonyl (C=O) groups is 1. The number of rotatable bonds is 8. The minimum Gasteiger partial charge on any atom is -0.331 e. The van der Waals surface area contributed by atoms with Crippen LogP contribution in [0.4, 0.5) is 0 Å². The van der Waals surface area contributed by atoms with E-state index in [0.717, 1.165) is 58.5 Å². The first-order chi connectivity index (χ1) is 18.6. The number of unbranched alkanes of at least 4 members (excludes halogenated alkanes) is 1. The largest absolute Gasteiger partial charge is 0.331 e. The van der Waals surface area contributed by atoms with Crippen LogP contribution in [0.15, 0.2) is 85.1 Å². The van der Waals surface area contributed by atoms with Crippen LogP contribution in [-0.2, 0) is 19.5 Å². The number of imidazole rings is 1. The molecule has 190 valence electrons. The van der Waals surface area contributed by atoms with Crippen molar-refractivity contribution in [3.8, 4) is 11.1 Å². The SMILES string of the molecule is CCCCN(Cc1nc2cccnc2n1Cc1ccccc1Cl)C(=O)c1cccc2c1-c1ccccc1C2. The maximum Gasteiger partial charge on any atom is 0.254 e. The van der Waals surface area contributed by atoms with Crippen LogP contribution in [0.5, 0.6) is 0 Å². The predicted molar refractivity (Wildman–Crippen MR) is 152 cm³/mol. The van der Waals surface area contributed by atoms with E-state index in [1.165, 1.54) is 11.1 Å². The number of amides is 1. The lowest BCUT2D eigenvalue weighted by atomic mass is 9.98. The van der Waals surface area contributed by atoms with Crippen molar-refractivity contribution in [2.45, 2.75) is 39.3 Å². The van der Waals surface area contributed by atoms with E-state index in [1.54, 1.807) is 6.20 Å². The quantitative estimate of drug-likeness (QED) is 0.214. The van der Waals surface area contributed by atoms with E-state index in [0.29, 0.717) is 24.7 Å². The van der Waals surface area contributed by atoms with E-state index in [2.05, 4.69) is 40.7 Å². The maximum absolute atomic E-state index is 14.2. The Balaban J connectivity index is 1.40. The second-order valence-electron chi connectivity index (χ2n) is 9.81. The number of fused-ring (bicyclic) bond motifs is 4. The van der Waals surface area contributed by atoms with Crippen molar-refractivity contribution in [3.63, 3.8) is 0 Å².